The number of methoxy groups -OCH3 is 1. The van der Waals surface area contributed by atoms with Crippen molar-refractivity contribution in [2.75, 3.05) is 7.11 Å². The molecule has 0 aromatic heterocycles. The second kappa shape index (κ2) is 5.14. The van der Waals surface area contributed by atoms with Crippen LogP contribution in [0.25, 0.3) is 0 Å². The number of ether oxygens (including phenoxy) is 2. The summed E-state index contributed by atoms with van der Waals surface area (Å²) in [6.07, 6.45) is 6.81. The SMILES string of the molecule is COC1=CC2=CC(OCc3ccccc3)=NC2=CC1. The Morgan fingerprint density at radius 2 is 2.00 bits per heavy atom. The second-order valence-corrected chi connectivity index (χ2v) is 4.43. The van der Waals surface area contributed by atoms with Gasteiger partial charge in [0.1, 0.15) is 12.4 Å². The number of benzene rings is 1. The number of aliphatic imine (C=N–C) groups is 1. The van der Waals surface area contributed by atoms with Crippen molar-refractivity contribution in [3.63, 3.8) is 0 Å². The van der Waals surface area contributed by atoms with Gasteiger partial charge in [-0.05, 0) is 11.6 Å². The molecular weight excluding hydrogens is 238 g/mol. The fraction of sp³-hybridized carbons (Fsp3) is 0.188. The summed E-state index contributed by atoms with van der Waals surface area (Å²) in [5.41, 5.74) is 3.18. The molecule has 1 aliphatic heterocycles. The third-order valence-corrected chi connectivity index (χ3v) is 3.11. The van der Waals surface area contributed by atoms with E-state index in [0.717, 1.165) is 29.0 Å². The zero-order chi connectivity index (χ0) is 13.1. The van der Waals surface area contributed by atoms with Crippen molar-refractivity contribution < 1.29 is 9.47 Å². The molecule has 96 valence electrons. The summed E-state index contributed by atoms with van der Waals surface area (Å²) in [5.74, 6) is 1.62. The highest BCUT2D eigenvalue weighted by Gasteiger charge is 2.18. The molecule has 3 heteroatoms. The molecule has 3 rings (SSSR count). The van der Waals surface area contributed by atoms with Gasteiger partial charge in [0, 0.05) is 18.1 Å². The summed E-state index contributed by atoms with van der Waals surface area (Å²) in [4.78, 5) is 4.46. The number of hydrogen-bond donors (Lipinski definition) is 0. The Morgan fingerprint density at radius 3 is 2.79 bits per heavy atom. The molecule has 0 atom stereocenters. The van der Waals surface area contributed by atoms with E-state index in [2.05, 4.69) is 11.1 Å². The van der Waals surface area contributed by atoms with Crippen molar-refractivity contribution in [2.45, 2.75) is 13.0 Å². The highest BCUT2D eigenvalue weighted by molar-refractivity contribution is 5.94. The molecule has 1 aliphatic carbocycles. The van der Waals surface area contributed by atoms with Crippen LogP contribution in [0.15, 0.2) is 70.6 Å². The molecule has 0 amide bonds. The van der Waals surface area contributed by atoms with E-state index in [-0.39, 0.29) is 0 Å². The van der Waals surface area contributed by atoms with Crippen LogP contribution < -0.4 is 0 Å². The normalized spacial score (nSPS) is 16.9. The van der Waals surface area contributed by atoms with Crippen LogP contribution in [-0.2, 0) is 16.1 Å². The summed E-state index contributed by atoms with van der Waals surface area (Å²) in [6.45, 7) is 0.539. The molecule has 1 aromatic rings. The Kier molecular flexibility index (Phi) is 3.19. The van der Waals surface area contributed by atoms with Crippen molar-refractivity contribution in [3.05, 3.63) is 71.2 Å². The highest BCUT2D eigenvalue weighted by atomic mass is 16.5. The predicted molar refractivity (Wildman–Crippen MR) is 74.5 cm³/mol. The molecule has 19 heavy (non-hydrogen) atoms. The van der Waals surface area contributed by atoms with Crippen LogP contribution in [0.3, 0.4) is 0 Å². The lowest BCUT2D eigenvalue weighted by Gasteiger charge is -2.09. The fourth-order valence-electron chi connectivity index (χ4n) is 2.08. The summed E-state index contributed by atoms with van der Waals surface area (Å²) in [7, 11) is 1.69. The van der Waals surface area contributed by atoms with Gasteiger partial charge < -0.3 is 9.47 Å². The van der Waals surface area contributed by atoms with Gasteiger partial charge >= 0.3 is 0 Å². The molecule has 0 unspecified atom stereocenters. The van der Waals surface area contributed by atoms with Gasteiger partial charge in [-0.15, -0.1) is 0 Å². The lowest BCUT2D eigenvalue weighted by atomic mass is 10.1. The van der Waals surface area contributed by atoms with Crippen LogP contribution in [0.2, 0.25) is 0 Å². The summed E-state index contributed by atoms with van der Waals surface area (Å²) in [5, 5.41) is 0. The Morgan fingerprint density at radius 1 is 1.16 bits per heavy atom. The summed E-state index contributed by atoms with van der Waals surface area (Å²) < 4.78 is 11.0. The average Bonchev–Trinajstić information content (AvgIpc) is 2.88. The Bertz CT molecular complexity index is 594. The number of allylic oxidation sites excluding steroid dienone is 2. The Labute approximate surface area is 112 Å². The lowest BCUT2D eigenvalue weighted by molar-refractivity contribution is 0.283. The third-order valence-electron chi connectivity index (χ3n) is 3.11. The zero-order valence-corrected chi connectivity index (χ0v) is 10.8. The molecule has 1 aromatic carbocycles. The summed E-state index contributed by atoms with van der Waals surface area (Å²) in [6, 6.07) is 10.1. The standard InChI is InChI=1S/C16H15NO2/c1-18-14-7-8-15-13(9-14)10-16(17-15)19-11-12-5-3-2-4-6-12/h2-6,8-10H,7,11H2,1H3. The van der Waals surface area contributed by atoms with Crippen molar-refractivity contribution in [3.8, 4) is 0 Å². The molecule has 0 N–H and O–H groups in total. The van der Waals surface area contributed by atoms with Gasteiger partial charge in [0.05, 0.1) is 12.8 Å². The quantitative estimate of drug-likeness (QED) is 0.827. The zero-order valence-electron chi connectivity index (χ0n) is 10.8. The molecule has 3 nitrogen and oxygen atoms in total. The molecule has 0 saturated heterocycles. The first-order valence-electron chi connectivity index (χ1n) is 6.27. The maximum absolute atomic E-state index is 5.71. The Hall–Kier alpha value is -2.29. The van der Waals surface area contributed by atoms with E-state index < -0.39 is 0 Å². The maximum atomic E-state index is 5.71. The first-order chi connectivity index (χ1) is 9.35. The van der Waals surface area contributed by atoms with Crippen LogP contribution in [-0.4, -0.2) is 13.0 Å². The van der Waals surface area contributed by atoms with Crippen molar-refractivity contribution >= 4 is 5.90 Å². The van der Waals surface area contributed by atoms with Crippen molar-refractivity contribution in [2.24, 2.45) is 4.99 Å². The van der Waals surface area contributed by atoms with Crippen LogP contribution in [0, 0.1) is 0 Å². The second-order valence-electron chi connectivity index (χ2n) is 4.43. The van der Waals surface area contributed by atoms with Gasteiger partial charge in [0.25, 0.3) is 0 Å². The van der Waals surface area contributed by atoms with Crippen molar-refractivity contribution in [1.82, 2.24) is 0 Å². The first kappa shape index (κ1) is 11.8. The van der Waals surface area contributed by atoms with Crippen LogP contribution in [0.5, 0.6) is 0 Å². The van der Waals surface area contributed by atoms with E-state index in [9.17, 15) is 0 Å². The maximum Gasteiger partial charge on any atom is 0.214 e. The van der Waals surface area contributed by atoms with E-state index in [1.54, 1.807) is 7.11 Å². The predicted octanol–water partition coefficient (Wildman–Crippen LogP) is 3.36. The van der Waals surface area contributed by atoms with Crippen LogP contribution >= 0.6 is 0 Å². The molecule has 0 bridgehead atoms. The van der Waals surface area contributed by atoms with E-state index in [1.807, 2.05) is 42.5 Å². The number of fused-ring (bicyclic) bond motifs is 1. The molecule has 0 fully saturated rings. The number of rotatable bonds is 3. The van der Waals surface area contributed by atoms with E-state index >= 15 is 0 Å². The van der Waals surface area contributed by atoms with Gasteiger partial charge in [-0.2, -0.15) is 0 Å². The molecule has 2 aliphatic rings. The smallest absolute Gasteiger partial charge is 0.214 e. The van der Waals surface area contributed by atoms with E-state index in [0.29, 0.717) is 12.5 Å². The third kappa shape index (κ3) is 2.60. The monoisotopic (exact) mass is 253 g/mol. The van der Waals surface area contributed by atoms with Crippen molar-refractivity contribution in [1.29, 1.82) is 0 Å². The molecule has 0 spiro atoms. The largest absolute Gasteiger partial charge is 0.501 e. The number of nitrogens with zero attached hydrogens (tertiary/aromatic N) is 1. The molecule has 0 radical (unpaired) electrons. The average molecular weight is 253 g/mol. The Balaban J connectivity index is 1.68. The number of hydrogen-bond acceptors (Lipinski definition) is 3. The first-order valence-corrected chi connectivity index (χ1v) is 6.27. The minimum absolute atomic E-state index is 0.539. The minimum Gasteiger partial charge on any atom is -0.501 e. The summed E-state index contributed by atoms with van der Waals surface area (Å²) >= 11 is 0. The van der Waals surface area contributed by atoms with Gasteiger partial charge in [0.2, 0.25) is 5.90 Å². The molecule has 0 saturated carbocycles. The fourth-order valence-corrected chi connectivity index (χ4v) is 2.08. The molecule has 1 heterocycles. The van der Waals surface area contributed by atoms with Gasteiger partial charge in [-0.25, -0.2) is 4.99 Å². The topological polar surface area (TPSA) is 30.8 Å². The highest BCUT2D eigenvalue weighted by Crippen LogP contribution is 2.28. The van der Waals surface area contributed by atoms with Gasteiger partial charge in [0.15, 0.2) is 0 Å². The van der Waals surface area contributed by atoms with Crippen LogP contribution in [0.1, 0.15) is 12.0 Å². The minimum atomic E-state index is 0.539. The van der Waals surface area contributed by atoms with Gasteiger partial charge in [-0.3, -0.25) is 0 Å². The van der Waals surface area contributed by atoms with Crippen LogP contribution in [0.4, 0.5) is 0 Å². The van der Waals surface area contributed by atoms with E-state index in [1.165, 1.54) is 0 Å². The molecular formula is C16H15NO2. The van der Waals surface area contributed by atoms with E-state index in [4.69, 9.17) is 9.47 Å². The lowest BCUT2D eigenvalue weighted by Crippen LogP contribution is -1.99. The van der Waals surface area contributed by atoms with Gasteiger partial charge in [-0.1, -0.05) is 36.4 Å².